The molecule has 0 saturated heterocycles. The second-order valence-corrected chi connectivity index (χ2v) is 9.52. The van der Waals surface area contributed by atoms with Gasteiger partial charge in [0, 0.05) is 30.3 Å². The van der Waals surface area contributed by atoms with Crippen LogP contribution in [0.2, 0.25) is 10.0 Å². The minimum Gasteiger partial charge on any atom is -0.385 e. The molecule has 6 nitrogen and oxygen atoms in total. The van der Waals surface area contributed by atoms with Crippen molar-refractivity contribution in [3.05, 3.63) is 68.4 Å². The average molecular weight is 494 g/mol. The number of para-hydroxylation sites is 1. The summed E-state index contributed by atoms with van der Waals surface area (Å²) in [5, 5.41) is 4.59. The first-order chi connectivity index (χ1) is 15.3. The Morgan fingerprint density at radius 3 is 2.69 bits per heavy atom. The highest BCUT2D eigenvalue weighted by atomic mass is 35.5. The molecule has 1 aromatic heterocycles. The van der Waals surface area contributed by atoms with Gasteiger partial charge in [0.25, 0.3) is 5.56 Å². The van der Waals surface area contributed by atoms with Gasteiger partial charge >= 0.3 is 0 Å². The number of thioether (sulfide) groups is 1. The normalized spacial score (nSPS) is 13.2. The first-order valence-electron chi connectivity index (χ1n) is 10.2. The van der Waals surface area contributed by atoms with Crippen LogP contribution in [0.25, 0.3) is 10.9 Å². The van der Waals surface area contributed by atoms with E-state index in [1.807, 2.05) is 19.1 Å². The van der Waals surface area contributed by atoms with E-state index in [1.54, 1.807) is 48.9 Å². The zero-order valence-corrected chi connectivity index (χ0v) is 20.4. The Morgan fingerprint density at radius 1 is 1.22 bits per heavy atom. The van der Waals surface area contributed by atoms with E-state index >= 15 is 0 Å². The summed E-state index contributed by atoms with van der Waals surface area (Å²) in [7, 11) is 1.62. The van der Waals surface area contributed by atoms with Gasteiger partial charge in [-0.1, -0.05) is 53.2 Å². The predicted octanol–water partition coefficient (Wildman–Crippen LogP) is 5.10. The molecular weight excluding hydrogens is 469 g/mol. The molecule has 0 spiro atoms. The molecule has 0 radical (unpaired) electrons. The topological polar surface area (TPSA) is 73.2 Å². The molecular formula is C23H25Cl2N3O3S. The van der Waals surface area contributed by atoms with E-state index in [2.05, 4.69) is 10.3 Å². The van der Waals surface area contributed by atoms with E-state index in [0.717, 1.165) is 5.56 Å². The number of hydrogen-bond donors (Lipinski definition) is 1. The number of methoxy groups -OCH3 is 1. The lowest BCUT2D eigenvalue weighted by molar-refractivity contribution is -0.120. The first kappa shape index (κ1) is 24.6. The predicted molar refractivity (Wildman–Crippen MR) is 131 cm³/mol. The lowest BCUT2D eigenvalue weighted by atomic mass is 10.1. The molecule has 3 aromatic rings. The third-order valence-electron chi connectivity index (χ3n) is 5.00. The number of carbonyl (C=O) groups is 1. The number of carbonyl (C=O) groups excluding carboxylic acids is 1. The standard InChI is InChI=1S/C23H25Cl2N3O3S/c1-14(17-10-9-16(24)13-19(17)25)26-21(29)15(2)32-23-27-20-8-5-4-7-18(20)22(30)28(23)11-6-12-31-3/h4-5,7-10,13-15H,6,11-12H2,1-3H3,(H,26,29). The largest absolute Gasteiger partial charge is 0.385 e. The number of nitrogens with one attached hydrogen (secondary N) is 1. The number of benzene rings is 2. The lowest BCUT2D eigenvalue weighted by Gasteiger charge is -2.20. The molecule has 1 N–H and O–H groups in total. The van der Waals surface area contributed by atoms with Crippen molar-refractivity contribution < 1.29 is 9.53 Å². The van der Waals surface area contributed by atoms with E-state index in [4.69, 9.17) is 27.9 Å². The maximum Gasteiger partial charge on any atom is 0.262 e. The van der Waals surface area contributed by atoms with E-state index in [0.29, 0.717) is 45.7 Å². The number of fused-ring (bicyclic) bond motifs is 1. The summed E-state index contributed by atoms with van der Waals surface area (Å²) in [4.78, 5) is 30.6. The van der Waals surface area contributed by atoms with Gasteiger partial charge < -0.3 is 10.1 Å². The van der Waals surface area contributed by atoms with E-state index in [-0.39, 0.29) is 17.5 Å². The first-order valence-corrected chi connectivity index (χ1v) is 11.9. The summed E-state index contributed by atoms with van der Waals surface area (Å²) in [6.07, 6.45) is 0.663. The molecule has 0 aliphatic carbocycles. The van der Waals surface area contributed by atoms with Crippen molar-refractivity contribution in [3.63, 3.8) is 0 Å². The van der Waals surface area contributed by atoms with Crippen LogP contribution in [-0.4, -0.2) is 34.4 Å². The maximum absolute atomic E-state index is 13.1. The van der Waals surface area contributed by atoms with Crippen LogP contribution >= 0.6 is 35.0 Å². The number of halogens is 2. The maximum atomic E-state index is 13.1. The van der Waals surface area contributed by atoms with Crippen LogP contribution in [-0.2, 0) is 16.1 Å². The Morgan fingerprint density at radius 2 is 1.97 bits per heavy atom. The molecule has 9 heteroatoms. The Kier molecular flexibility index (Phi) is 8.59. The fourth-order valence-electron chi connectivity index (χ4n) is 3.27. The summed E-state index contributed by atoms with van der Waals surface area (Å²) >= 11 is 13.5. The molecule has 0 fully saturated rings. The highest BCUT2D eigenvalue weighted by molar-refractivity contribution is 8.00. The van der Waals surface area contributed by atoms with Crippen LogP contribution in [0.3, 0.4) is 0 Å². The van der Waals surface area contributed by atoms with Crippen molar-refractivity contribution in [2.75, 3.05) is 13.7 Å². The molecule has 0 bridgehead atoms. The van der Waals surface area contributed by atoms with E-state index < -0.39 is 5.25 Å². The fourth-order valence-corrected chi connectivity index (χ4v) is 4.79. The van der Waals surface area contributed by atoms with E-state index in [1.165, 1.54) is 11.8 Å². The SMILES string of the molecule is COCCCn1c(SC(C)C(=O)NC(C)c2ccc(Cl)cc2Cl)nc2ccccc2c1=O. The van der Waals surface area contributed by atoms with Gasteiger partial charge in [-0.15, -0.1) is 0 Å². The zero-order chi connectivity index (χ0) is 23.3. The van der Waals surface area contributed by atoms with Gasteiger partial charge in [0.05, 0.1) is 22.2 Å². The van der Waals surface area contributed by atoms with Crippen molar-refractivity contribution in [3.8, 4) is 0 Å². The molecule has 2 atom stereocenters. The van der Waals surface area contributed by atoms with Crippen LogP contribution in [0.15, 0.2) is 52.4 Å². The number of nitrogens with zero attached hydrogens (tertiary/aromatic N) is 2. The Bertz CT molecular complexity index is 1170. The highest BCUT2D eigenvalue weighted by Crippen LogP contribution is 2.27. The third kappa shape index (κ3) is 5.84. The Labute approximate surface area is 201 Å². The molecule has 1 heterocycles. The monoisotopic (exact) mass is 493 g/mol. The molecule has 0 aliphatic heterocycles. The second-order valence-electron chi connectivity index (χ2n) is 7.37. The van der Waals surface area contributed by atoms with Crippen molar-refractivity contribution in [2.45, 2.75) is 43.3 Å². The quantitative estimate of drug-likeness (QED) is 0.255. The van der Waals surface area contributed by atoms with E-state index in [9.17, 15) is 9.59 Å². The van der Waals surface area contributed by atoms with Gasteiger partial charge in [-0.3, -0.25) is 14.2 Å². The summed E-state index contributed by atoms with van der Waals surface area (Å²) < 4.78 is 6.75. The van der Waals surface area contributed by atoms with Gasteiger partial charge in [-0.25, -0.2) is 4.98 Å². The van der Waals surface area contributed by atoms with Crippen LogP contribution < -0.4 is 10.9 Å². The van der Waals surface area contributed by atoms with Gasteiger partial charge in [0.1, 0.15) is 0 Å². The van der Waals surface area contributed by atoms with Crippen molar-refractivity contribution in [1.29, 1.82) is 0 Å². The number of hydrogen-bond acceptors (Lipinski definition) is 5. The highest BCUT2D eigenvalue weighted by Gasteiger charge is 2.22. The summed E-state index contributed by atoms with van der Waals surface area (Å²) in [6.45, 7) is 4.63. The molecule has 0 saturated carbocycles. The third-order valence-corrected chi connectivity index (χ3v) is 6.65. The molecule has 170 valence electrons. The molecule has 2 unspecified atom stereocenters. The van der Waals surface area contributed by atoms with Gasteiger partial charge in [0.2, 0.25) is 5.91 Å². The smallest absolute Gasteiger partial charge is 0.262 e. The van der Waals surface area contributed by atoms with Crippen LogP contribution in [0.4, 0.5) is 0 Å². The number of aromatic nitrogens is 2. The zero-order valence-electron chi connectivity index (χ0n) is 18.1. The summed E-state index contributed by atoms with van der Waals surface area (Å²) in [5.74, 6) is -0.181. The van der Waals surface area contributed by atoms with Crippen LogP contribution in [0.1, 0.15) is 31.9 Å². The van der Waals surface area contributed by atoms with Gasteiger partial charge in [-0.05, 0) is 50.1 Å². The Hall–Kier alpha value is -2.06. The van der Waals surface area contributed by atoms with Crippen molar-refractivity contribution >= 4 is 51.8 Å². The van der Waals surface area contributed by atoms with Crippen LogP contribution in [0.5, 0.6) is 0 Å². The summed E-state index contributed by atoms with van der Waals surface area (Å²) in [6, 6.07) is 12.1. The minimum atomic E-state index is -0.481. The average Bonchev–Trinajstić information content (AvgIpc) is 2.75. The molecule has 2 aromatic carbocycles. The number of ether oxygens (including phenoxy) is 1. The lowest BCUT2D eigenvalue weighted by Crippen LogP contribution is -2.34. The minimum absolute atomic E-state index is 0.122. The van der Waals surface area contributed by atoms with Crippen molar-refractivity contribution in [2.24, 2.45) is 0 Å². The molecule has 3 rings (SSSR count). The van der Waals surface area contributed by atoms with Gasteiger partial charge in [-0.2, -0.15) is 0 Å². The fraction of sp³-hybridized carbons (Fsp3) is 0.348. The number of rotatable bonds is 9. The van der Waals surface area contributed by atoms with Crippen molar-refractivity contribution in [1.82, 2.24) is 14.9 Å². The second kappa shape index (κ2) is 11.2. The molecule has 0 aliphatic rings. The number of amides is 1. The van der Waals surface area contributed by atoms with Gasteiger partial charge in [0.15, 0.2) is 5.16 Å². The molecule has 32 heavy (non-hydrogen) atoms. The summed E-state index contributed by atoms with van der Waals surface area (Å²) in [5.41, 5.74) is 1.27. The Balaban J connectivity index is 1.81. The van der Waals surface area contributed by atoms with Crippen LogP contribution in [0, 0.1) is 0 Å². The molecule has 1 amide bonds.